The molecular formula is C12H22O9S. The van der Waals surface area contributed by atoms with Crippen molar-refractivity contribution in [3.63, 3.8) is 0 Å². The van der Waals surface area contributed by atoms with Gasteiger partial charge in [0, 0.05) is 12.9 Å². The highest BCUT2D eigenvalue weighted by Gasteiger charge is 2.46. The molecule has 0 amide bonds. The van der Waals surface area contributed by atoms with E-state index in [1.54, 1.807) is 0 Å². The van der Waals surface area contributed by atoms with Crippen molar-refractivity contribution in [1.29, 1.82) is 0 Å². The van der Waals surface area contributed by atoms with E-state index < -0.39 is 61.1 Å². The summed E-state index contributed by atoms with van der Waals surface area (Å²) in [7, 11) is 1.30. The first-order valence-corrected chi connectivity index (χ1v) is 7.92. The smallest absolute Gasteiger partial charge is 0.186 e. The predicted molar refractivity (Wildman–Crippen MR) is 73.9 cm³/mol. The fourth-order valence-corrected chi connectivity index (χ4v) is 3.68. The summed E-state index contributed by atoms with van der Waals surface area (Å²) in [4.78, 5) is 0. The van der Waals surface area contributed by atoms with Crippen molar-refractivity contribution < 1.29 is 44.8 Å². The highest BCUT2D eigenvalue weighted by molar-refractivity contribution is 7.99. The molecule has 0 aromatic heterocycles. The minimum absolute atomic E-state index is 0.122. The molecule has 22 heavy (non-hydrogen) atoms. The highest BCUT2D eigenvalue weighted by atomic mass is 32.2. The van der Waals surface area contributed by atoms with Gasteiger partial charge in [0.1, 0.15) is 42.1 Å². The Kier molecular flexibility index (Phi) is 6.42. The predicted octanol–water partition coefficient (Wildman–Crippen LogP) is -3.39. The molecule has 2 aliphatic rings. The van der Waals surface area contributed by atoms with Crippen LogP contribution in [-0.2, 0) is 14.2 Å². The third-order valence-corrected chi connectivity index (χ3v) is 5.06. The third kappa shape index (κ3) is 3.56. The lowest BCUT2D eigenvalue weighted by Crippen LogP contribution is -2.58. The zero-order valence-electron chi connectivity index (χ0n) is 11.9. The molecule has 2 heterocycles. The van der Waals surface area contributed by atoms with E-state index in [1.165, 1.54) is 7.11 Å². The summed E-state index contributed by atoms with van der Waals surface area (Å²) in [5, 5.41) is 57.8. The van der Waals surface area contributed by atoms with E-state index in [0.29, 0.717) is 0 Å². The molecule has 9 atom stereocenters. The molecular weight excluding hydrogens is 320 g/mol. The summed E-state index contributed by atoms with van der Waals surface area (Å²) in [6, 6.07) is 0. The Morgan fingerprint density at radius 2 is 1.50 bits per heavy atom. The van der Waals surface area contributed by atoms with Crippen molar-refractivity contribution in [2.45, 2.75) is 54.5 Å². The van der Waals surface area contributed by atoms with Crippen LogP contribution in [0.1, 0.15) is 0 Å². The molecule has 2 fully saturated rings. The lowest BCUT2D eigenvalue weighted by molar-refractivity contribution is -0.284. The molecule has 0 bridgehead atoms. The molecule has 2 rings (SSSR count). The van der Waals surface area contributed by atoms with E-state index in [4.69, 9.17) is 19.3 Å². The number of methoxy groups -OCH3 is 1. The summed E-state index contributed by atoms with van der Waals surface area (Å²) in [6.07, 6.45) is -9.29. The van der Waals surface area contributed by atoms with Crippen LogP contribution < -0.4 is 0 Å². The Labute approximate surface area is 131 Å². The average molecular weight is 342 g/mol. The molecule has 0 aromatic rings. The molecule has 0 aliphatic carbocycles. The second-order valence-corrected chi connectivity index (χ2v) is 6.42. The van der Waals surface area contributed by atoms with Crippen molar-refractivity contribution in [3.8, 4) is 0 Å². The van der Waals surface area contributed by atoms with Crippen LogP contribution >= 0.6 is 11.8 Å². The van der Waals surface area contributed by atoms with Gasteiger partial charge < -0.3 is 44.8 Å². The van der Waals surface area contributed by atoms with Crippen molar-refractivity contribution in [2.24, 2.45) is 0 Å². The van der Waals surface area contributed by atoms with Gasteiger partial charge in [0.15, 0.2) is 6.29 Å². The van der Waals surface area contributed by atoms with Crippen LogP contribution in [0.4, 0.5) is 0 Å². The largest absolute Gasteiger partial charge is 0.394 e. The van der Waals surface area contributed by atoms with Crippen LogP contribution in [0, 0.1) is 0 Å². The number of hydrogen-bond acceptors (Lipinski definition) is 10. The van der Waals surface area contributed by atoms with Crippen molar-refractivity contribution in [1.82, 2.24) is 0 Å². The number of aliphatic hydroxyl groups excluding tert-OH is 6. The Balaban J connectivity index is 1.91. The minimum atomic E-state index is -1.42. The second kappa shape index (κ2) is 7.71. The van der Waals surface area contributed by atoms with Crippen molar-refractivity contribution in [2.75, 3.05) is 19.5 Å². The lowest BCUT2D eigenvalue weighted by Gasteiger charge is -2.39. The first-order valence-electron chi connectivity index (χ1n) is 6.87. The van der Waals surface area contributed by atoms with Crippen LogP contribution in [-0.4, -0.2) is 105 Å². The Bertz CT molecular complexity index is 357. The van der Waals surface area contributed by atoms with Crippen LogP contribution in [0.2, 0.25) is 0 Å². The van der Waals surface area contributed by atoms with Gasteiger partial charge in [-0.25, -0.2) is 0 Å². The van der Waals surface area contributed by atoms with Gasteiger partial charge in [-0.15, -0.1) is 11.8 Å². The standard InChI is InChI=1S/C12H22O9S/c1-19-11-9(17)8(16)7(15)5(20-11)3-22-12-10(18)6(14)4(2-13)21-12/h4-18H,2-3H2,1H3/t4-,5+,6-,7-,8-,9+,10+,11-,12-/m0/s1. The van der Waals surface area contributed by atoms with Crippen molar-refractivity contribution >= 4 is 11.8 Å². The van der Waals surface area contributed by atoms with E-state index in [9.17, 15) is 25.5 Å². The minimum Gasteiger partial charge on any atom is -0.394 e. The Morgan fingerprint density at radius 3 is 2.05 bits per heavy atom. The first-order chi connectivity index (χ1) is 10.4. The van der Waals surface area contributed by atoms with E-state index >= 15 is 0 Å². The molecule has 2 saturated heterocycles. The SMILES string of the molecule is CO[C@H]1O[C@H](CS[C@@H]2O[C@@H](CO)[C@H](O)[C@H]2O)[C@H](O)[C@H](O)[C@H]1O. The molecule has 9 nitrogen and oxygen atoms in total. The highest BCUT2D eigenvalue weighted by Crippen LogP contribution is 2.32. The summed E-state index contributed by atoms with van der Waals surface area (Å²) >= 11 is 1.06. The number of thioether (sulfide) groups is 1. The topological polar surface area (TPSA) is 149 Å². The zero-order chi connectivity index (χ0) is 16.4. The fraction of sp³-hybridized carbons (Fsp3) is 1.00. The van der Waals surface area contributed by atoms with Gasteiger partial charge in [0.05, 0.1) is 12.7 Å². The molecule has 130 valence electrons. The number of hydrogen-bond donors (Lipinski definition) is 6. The zero-order valence-corrected chi connectivity index (χ0v) is 12.7. The van der Waals surface area contributed by atoms with Gasteiger partial charge in [-0.2, -0.15) is 0 Å². The van der Waals surface area contributed by atoms with Gasteiger partial charge in [-0.1, -0.05) is 0 Å². The molecule has 10 heteroatoms. The van der Waals surface area contributed by atoms with Gasteiger partial charge in [0.2, 0.25) is 0 Å². The maximum atomic E-state index is 9.91. The van der Waals surface area contributed by atoms with Gasteiger partial charge in [-0.3, -0.25) is 0 Å². The maximum Gasteiger partial charge on any atom is 0.186 e. The van der Waals surface area contributed by atoms with Crippen LogP contribution in [0.5, 0.6) is 0 Å². The van der Waals surface area contributed by atoms with Gasteiger partial charge in [-0.05, 0) is 0 Å². The lowest BCUT2D eigenvalue weighted by atomic mass is 10.00. The average Bonchev–Trinajstić information content (AvgIpc) is 2.79. The normalized spacial score (nSPS) is 49.5. The Hall–Kier alpha value is -0.0100. The van der Waals surface area contributed by atoms with Crippen LogP contribution in [0.25, 0.3) is 0 Å². The first kappa shape index (κ1) is 18.3. The van der Waals surface area contributed by atoms with Crippen LogP contribution in [0.15, 0.2) is 0 Å². The molecule has 6 N–H and O–H groups in total. The summed E-state index contributed by atoms with van der Waals surface area (Å²) in [5.41, 5.74) is -0.798. The maximum absolute atomic E-state index is 9.91. The van der Waals surface area contributed by atoms with E-state index in [1.807, 2.05) is 0 Å². The molecule has 2 aliphatic heterocycles. The van der Waals surface area contributed by atoms with E-state index in [-0.39, 0.29) is 5.75 Å². The summed E-state index contributed by atoms with van der Waals surface area (Å²) < 4.78 is 15.5. The van der Waals surface area contributed by atoms with E-state index in [0.717, 1.165) is 11.8 Å². The molecule has 0 spiro atoms. The molecule has 0 radical (unpaired) electrons. The van der Waals surface area contributed by atoms with Gasteiger partial charge in [0.25, 0.3) is 0 Å². The van der Waals surface area contributed by atoms with Gasteiger partial charge >= 0.3 is 0 Å². The summed E-state index contributed by atoms with van der Waals surface area (Å²) in [5.74, 6) is 0.122. The number of aliphatic hydroxyl groups is 6. The second-order valence-electron chi connectivity index (χ2n) is 5.29. The number of ether oxygens (including phenoxy) is 3. The summed E-state index contributed by atoms with van der Waals surface area (Å²) in [6.45, 7) is -0.422. The van der Waals surface area contributed by atoms with Crippen molar-refractivity contribution in [3.05, 3.63) is 0 Å². The quantitative estimate of drug-likeness (QED) is 0.299. The number of rotatable bonds is 5. The molecule has 0 aromatic carbocycles. The molecule has 0 unspecified atom stereocenters. The molecule has 0 saturated carbocycles. The monoisotopic (exact) mass is 342 g/mol. The fourth-order valence-electron chi connectivity index (χ4n) is 2.44. The third-order valence-electron chi connectivity index (χ3n) is 3.82. The van der Waals surface area contributed by atoms with Crippen LogP contribution in [0.3, 0.4) is 0 Å². The van der Waals surface area contributed by atoms with E-state index in [2.05, 4.69) is 0 Å². The Morgan fingerprint density at radius 1 is 0.864 bits per heavy atom.